The van der Waals surface area contributed by atoms with Crippen LogP contribution in [0.5, 0.6) is 17.2 Å². The van der Waals surface area contributed by atoms with Gasteiger partial charge in [-0.2, -0.15) is 0 Å². The van der Waals surface area contributed by atoms with Crippen LogP contribution in [0.2, 0.25) is 0 Å². The molecule has 1 saturated heterocycles. The maximum absolute atomic E-state index is 13.2. The summed E-state index contributed by atoms with van der Waals surface area (Å²) < 4.78 is 17.2. The van der Waals surface area contributed by atoms with Gasteiger partial charge in [-0.3, -0.25) is 4.79 Å². The molecule has 3 heterocycles. The van der Waals surface area contributed by atoms with Gasteiger partial charge in [0.05, 0.1) is 16.7 Å². The average Bonchev–Trinajstić information content (AvgIpc) is 3.46. The first-order valence-corrected chi connectivity index (χ1v) is 11.4. The molecule has 6 nitrogen and oxygen atoms in total. The fourth-order valence-electron chi connectivity index (χ4n) is 4.11. The number of hydrogen-bond donors (Lipinski definition) is 0. The van der Waals surface area contributed by atoms with Crippen LogP contribution in [-0.2, 0) is 6.61 Å². The van der Waals surface area contributed by atoms with E-state index in [9.17, 15) is 4.79 Å². The van der Waals surface area contributed by atoms with Gasteiger partial charge < -0.3 is 19.1 Å². The fourth-order valence-corrected chi connectivity index (χ4v) is 4.71. The van der Waals surface area contributed by atoms with Crippen LogP contribution in [-0.4, -0.2) is 35.5 Å². The van der Waals surface area contributed by atoms with Gasteiger partial charge in [0.15, 0.2) is 11.5 Å². The third kappa shape index (κ3) is 4.23. The molecule has 5 rings (SSSR count). The van der Waals surface area contributed by atoms with Gasteiger partial charge in [0, 0.05) is 17.5 Å². The second-order valence-electron chi connectivity index (χ2n) is 7.73. The van der Waals surface area contributed by atoms with Crippen molar-refractivity contribution in [2.75, 3.05) is 19.8 Å². The van der Waals surface area contributed by atoms with Crippen LogP contribution < -0.4 is 14.2 Å². The maximum atomic E-state index is 13.2. The van der Waals surface area contributed by atoms with Gasteiger partial charge in [0.25, 0.3) is 5.91 Å². The fraction of sp³-hybridized carbons (Fsp3) is 0.333. The lowest BCUT2D eigenvalue weighted by Gasteiger charge is -2.27. The number of carbonyl (C=O) groups is 1. The Morgan fingerprint density at radius 2 is 1.97 bits per heavy atom. The van der Waals surface area contributed by atoms with Crippen molar-refractivity contribution in [2.24, 2.45) is 0 Å². The van der Waals surface area contributed by atoms with Crippen LogP contribution in [0.1, 0.15) is 45.5 Å². The number of aryl methyl sites for hydroxylation is 1. The molecule has 2 aromatic carbocycles. The Morgan fingerprint density at radius 3 is 2.74 bits per heavy atom. The van der Waals surface area contributed by atoms with Gasteiger partial charge in [-0.25, -0.2) is 4.98 Å². The number of amides is 1. The summed E-state index contributed by atoms with van der Waals surface area (Å²) in [5, 5.41) is 3.02. The molecule has 1 aromatic heterocycles. The molecular weight excluding hydrogens is 412 g/mol. The van der Waals surface area contributed by atoms with Gasteiger partial charge in [-0.1, -0.05) is 6.07 Å². The van der Waals surface area contributed by atoms with Crippen molar-refractivity contribution in [3.8, 4) is 17.2 Å². The highest BCUT2D eigenvalue weighted by Gasteiger charge is 2.31. The molecule has 1 unspecified atom stereocenters. The summed E-state index contributed by atoms with van der Waals surface area (Å²) in [6.07, 6.45) is 1.93. The van der Waals surface area contributed by atoms with E-state index in [0.717, 1.165) is 52.9 Å². The lowest BCUT2D eigenvalue weighted by Crippen LogP contribution is -2.30. The molecular formula is C24H24N2O4S. The van der Waals surface area contributed by atoms with E-state index >= 15 is 0 Å². The summed E-state index contributed by atoms with van der Waals surface area (Å²) in [5.41, 5.74) is 2.68. The zero-order valence-corrected chi connectivity index (χ0v) is 18.2. The van der Waals surface area contributed by atoms with Crippen molar-refractivity contribution in [3.05, 3.63) is 69.7 Å². The Morgan fingerprint density at radius 1 is 1.16 bits per heavy atom. The van der Waals surface area contributed by atoms with E-state index in [1.807, 2.05) is 59.7 Å². The van der Waals surface area contributed by atoms with Crippen LogP contribution >= 0.6 is 11.3 Å². The quantitative estimate of drug-likeness (QED) is 0.576. The highest BCUT2D eigenvalue weighted by molar-refractivity contribution is 7.09. The number of thiazole rings is 1. The third-order valence-electron chi connectivity index (χ3n) is 5.62. The van der Waals surface area contributed by atoms with Crippen molar-refractivity contribution in [2.45, 2.75) is 32.4 Å². The number of rotatable bonds is 5. The molecule has 0 aliphatic carbocycles. The topological polar surface area (TPSA) is 60.9 Å². The van der Waals surface area contributed by atoms with Crippen LogP contribution in [0.15, 0.2) is 47.8 Å². The monoisotopic (exact) mass is 436 g/mol. The van der Waals surface area contributed by atoms with Gasteiger partial charge in [-0.05, 0) is 61.7 Å². The SMILES string of the molecule is Cc1nc(COc2ccc(C(=O)N3CCCC3c3ccc4c(c3)OCCO4)cc2)cs1. The molecule has 0 radical (unpaired) electrons. The number of carbonyl (C=O) groups excluding carboxylic acids is 1. The van der Waals surface area contributed by atoms with E-state index in [0.29, 0.717) is 25.4 Å². The standard InChI is InChI=1S/C24H24N2O4S/c1-16-25-19(15-31-16)14-30-20-7-4-17(5-8-20)24(27)26-10-2-3-21(26)18-6-9-22-23(13-18)29-12-11-28-22/h4-9,13,15,21H,2-3,10-12,14H2,1H3. The molecule has 1 atom stereocenters. The number of aromatic nitrogens is 1. The average molecular weight is 437 g/mol. The maximum Gasteiger partial charge on any atom is 0.254 e. The highest BCUT2D eigenvalue weighted by atomic mass is 32.1. The predicted molar refractivity (Wildman–Crippen MR) is 118 cm³/mol. The van der Waals surface area contributed by atoms with E-state index in [4.69, 9.17) is 14.2 Å². The van der Waals surface area contributed by atoms with E-state index < -0.39 is 0 Å². The zero-order valence-electron chi connectivity index (χ0n) is 17.4. The number of benzene rings is 2. The first-order chi connectivity index (χ1) is 15.2. The molecule has 1 amide bonds. The molecule has 0 bridgehead atoms. The van der Waals surface area contributed by atoms with Crippen molar-refractivity contribution in [1.82, 2.24) is 9.88 Å². The summed E-state index contributed by atoms with van der Waals surface area (Å²) in [6, 6.07) is 13.4. The van der Waals surface area contributed by atoms with Gasteiger partial charge in [0.1, 0.15) is 25.6 Å². The number of nitrogens with zero attached hydrogens (tertiary/aromatic N) is 2. The lowest BCUT2D eigenvalue weighted by atomic mass is 10.0. The smallest absolute Gasteiger partial charge is 0.254 e. The highest BCUT2D eigenvalue weighted by Crippen LogP contribution is 2.38. The minimum Gasteiger partial charge on any atom is -0.487 e. The van der Waals surface area contributed by atoms with Crippen LogP contribution in [0.25, 0.3) is 0 Å². The molecule has 7 heteroatoms. The van der Waals surface area contributed by atoms with Crippen molar-refractivity contribution < 1.29 is 19.0 Å². The largest absolute Gasteiger partial charge is 0.487 e. The Hall–Kier alpha value is -3.06. The van der Waals surface area contributed by atoms with E-state index in [1.165, 1.54) is 0 Å². The van der Waals surface area contributed by atoms with E-state index in [1.54, 1.807) is 11.3 Å². The Labute approximate surface area is 185 Å². The first kappa shape index (κ1) is 19.9. The normalized spacial score (nSPS) is 17.6. The van der Waals surface area contributed by atoms with Crippen molar-refractivity contribution in [1.29, 1.82) is 0 Å². The minimum absolute atomic E-state index is 0.0408. The summed E-state index contributed by atoms with van der Waals surface area (Å²) in [5.74, 6) is 2.31. The van der Waals surface area contributed by atoms with E-state index in [2.05, 4.69) is 4.98 Å². The molecule has 31 heavy (non-hydrogen) atoms. The molecule has 160 valence electrons. The van der Waals surface area contributed by atoms with Crippen LogP contribution in [0.3, 0.4) is 0 Å². The van der Waals surface area contributed by atoms with Crippen molar-refractivity contribution >= 4 is 17.2 Å². The summed E-state index contributed by atoms with van der Waals surface area (Å²) in [6.45, 7) is 4.28. The molecule has 3 aromatic rings. The van der Waals surface area contributed by atoms with E-state index in [-0.39, 0.29) is 11.9 Å². The molecule has 0 spiro atoms. The van der Waals surface area contributed by atoms with Gasteiger partial charge >= 0.3 is 0 Å². The second-order valence-corrected chi connectivity index (χ2v) is 8.79. The van der Waals surface area contributed by atoms with Gasteiger partial charge in [-0.15, -0.1) is 11.3 Å². The number of fused-ring (bicyclic) bond motifs is 1. The Kier molecular flexibility index (Phi) is 5.51. The lowest BCUT2D eigenvalue weighted by molar-refractivity contribution is 0.0735. The minimum atomic E-state index is 0.0408. The Balaban J connectivity index is 1.27. The van der Waals surface area contributed by atoms with Crippen LogP contribution in [0.4, 0.5) is 0 Å². The summed E-state index contributed by atoms with van der Waals surface area (Å²) in [4.78, 5) is 19.6. The third-order valence-corrected chi connectivity index (χ3v) is 6.44. The first-order valence-electron chi connectivity index (χ1n) is 10.5. The summed E-state index contributed by atoms with van der Waals surface area (Å²) >= 11 is 1.61. The van der Waals surface area contributed by atoms with Crippen LogP contribution in [0, 0.1) is 6.92 Å². The van der Waals surface area contributed by atoms with Gasteiger partial charge in [0.2, 0.25) is 0 Å². The number of hydrogen-bond acceptors (Lipinski definition) is 6. The molecule has 1 fully saturated rings. The van der Waals surface area contributed by atoms with Crippen molar-refractivity contribution in [3.63, 3.8) is 0 Å². The molecule has 2 aliphatic heterocycles. The molecule has 2 aliphatic rings. The number of ether oxygens (including phenoxy) is 3. The predicted octanol–water partition coefficient (Wildman–Crippen LogP) is 4.78. The number of likely N-dealkylation sites (tertiary alicyclic amines) is 1. The Bertz CT molecular complexity index is 1080. The summed E-state index contributed by atoms with van der Waals surface area (Å²) in [7, 11) is 0. The zero-order chi connectivity index (χ0) is 21.2. The molecule has 0 N–H and O–H groups in total. The molecule has 0 saturated carbocycles. The second kappa shape index (κ2) is 8.59.